The number of carboxylic acids is 1. The topological polar surface area (TPSA) is 66.8 Å². The number of thiophene rings is 1. The fraction of sp³-hybridized carbons (Fsp3) is 0.333. The van der Waals surface area contributed by atoms with Crippen molar-refractivity contribution >= 4 is 40.5 Å². The smallest absolute Gasteiger partial charge is 0.345 e. The van der Waals surface area contributed by atoms with Crippen molar-refractivity contribution in [3.05, 3.63) is 15.3 Å². The van der Waals surface area contributed by atoms with Gasteiger partial charge in [0.15, 0.2) is 0 Å². The van der Waals surface area contributed by atoms with E-state index in [-0.39, 0.29) is 17.4 Å². The molecule has 2 heterocycles. The van der Waals surface area contributed by atoms with Crippen LogP contribution >= 0.6 is 22.9 Å². The van der Waals surface area contributed by atoms with E-state index < -0.39 is 5.97 Å². The molecule has 1 amide bonds. The lowest BCUT2D eigenvalue weighted by Crippen LogP contribution is -2.41. The quantitative estimate of drug-likeness (QED) is 0.875. The van der Waals surface area contributed by atoms with E-state index in [1.54, 1.807) is 0 Å². The van der Waals surface area contributed by atoms with Gasteiger partial charge in [-0.1, -0.05) is 11.6 Å². The van der Waals surface area contributed by atoms with Crippen molar-refractivity contribution in [3.8, 4) is 0 Å². The maximum atomic E-state index is 11.5. The molecule has 1 N–H and O–H groups in total. The van der Waals surface area contributed by atoms with Crippen LogP contribution in [0.3, 0.4) is 0 Å². The molecule has 0 aromatic carbocycles. The Bertz CT molecular complexity index is 445. The number of amides is 1. The summed E-state index contributed by atoms with van der Waals surface area (Å²) in [5.41, 5.74) is 0.456. The van der Waals surface area contributed by atoms with Crippen LogP contribution in [0.15, 0.2) is 6.07 Å². The summed E-state index contributed by atoms with van der Waals surface area (Å²) in [4.78, 5) is 23.9. The monoisotopic (exact) mass is 261 g/mol. The molecule has 2 rings (SSSR count). The van der Waals surface area contributed by atoms with Crippen molar-refractivity contribution in [2.75, 3.05) is 24.7 Å². The predicted molar refractivity (Wildman–Crippen MR) is 59.5 cm³/mol. The van der Waals surface area contributed by atoms with Gasteiger partial charge in [-0.15, -0.1) is 11.3 Å². The number of morpholine rings is 1. The van der Waals surface area contributed by atoms with Gasteiger partial charge in [0, 0.05) is 6.54 Å². The summed E-state index contributed by atoms with van der Waals surface area (Å²) in [7, 11) is 0. The highest BCUT2D eigenvalue weighted by molar-refractivity contribution is 7.18. The number of carbonyl (C=O) groups excluding carboxylic acids is 1. The summed E-state index contributed by atoms with van der Waals surface area (Å²) in [6.45, 7) is 0.837. The number of anilines is 1. The average molecular weight is 262 g/mol. The molecule has 0 radical (unpaired) electrons. The van der Waals surface area contributed by atoms with Gasteiger partial charge < -0.3 is 14.7 Å². The first-order valence-corrected chi connectivity index (χ1v) is 5.70. The van der Waals surface area contributed by atoms with Crippen LogP contribution in [0.1, 0.15) is 9.67 Å². The van der Waals surface area contributed by atoms with Gasteiger partial charge in [0.2, 0.25) is 0 Å². The molecular weight excluding hydrogens is 254 g/mol. The van der Waals surface area contributed by atoms with Crippen molar-refractivity contribution in [2.24, 2.45) is 0 Å². The van der Waals surface area contributed by atoms with E-state index in [4.69, 9.17) is 21.4 Å². The number of aromatic carboxylic acids is 1. The summed E-state index contributed by atoms with van der Waals surface area (Å²) in [5.74, 6) is -1.25. The Hall–Kier alpha value is -1.11. The van der Waals surface area contributed by atoms with Gasteiger partial charge in [0.1, 0.15) is 15.8 Å². The van der Waals surface area contributed by atoms with Crippen molar-refractivity contribution in [1.82, 2.24) is 0 Å². The highest BCUT2D eigenvalue weighted by Gasteiger charge is 2.25. The molecule has 7 heteroatoms. The van der Waals surface area contributed by atoms with Gasteiger partial charge in [-0.05, 0) is 6.07 Å². The molecular formula is C9H8ClNO4S. The van der Waals surface area contributed by atoms with E-state index in [0.717, 1.165) is 11.3 Å². The Morgan fingerprint density at radius 1 is 1.62 bits per heavy atom. The van der Waals surface area contributed by atoms with Crippen molar-refractivity contribution in [1.29, 1.82) is 0 Å². The van der Waals surface area contributed by atoms with Crippen molar-refractivity contribution in [3.63, 3.8) is 0 Å². The second kappa shape index (κ2) is 4.40. The van der Waals surface area contributed by atoms with Crippen LogP contribution in [0, 0.1) is 0 Å². The number of halogens is 1. The van der Waals surface area contributed by atoms with E-state index in [2.05, 4.69) is 0 Å². The zero-order valence-electron chi connectivity index (χ0n) is 8.10. The van der Waals surface area contributed by atoms with Crippen molar-refractivity contribution in [2.45, 2.75) is 0 Å². The lowest BCUT2D eigenvalue weighted by atomic mass is 10.3. The largest absolute Gasteiger partial charge is 0.477 e. The van der Waals surface area contributed by atoms with E-state index in [0.29, 0.717) is 23.2 Å². The summed E-state index contributed by atoms with van der Waals surface area (Å²) >= 11 is 6.86. The van der Waals surface area contributed by atoms with E-state index in [9.17, 15) is 9.59 Å². The number of hydrogen-bond acceptors (Lipinski definition) is 4. The molecule has 1 saturated heterocycles. The van der Waals surface area contributed by atoms with Crippen LogP contribution in [-0.4, -0.2) is 36.7 Å². The predicted octanol–water partition coefficient (Wildman–Crippen LogP) is 1.46. The maximum Gasteiger partial charge on any atom is 0.345 e. The molecule has 0 saturated carbocycles. The lowest BCUT2D eigenvalue weighted by Gasteiger charge is -2.26. The number of carboxylic acid groups (broad SMARTS) is 1. The zero-order valence-corrected chi connectivity index (χ0v) is 9.68. The lowest BCUT2D eigenvalue weighted by molar-refractivity contribution is -0.125. The van der Waals surface area contributed by atoms with Crippen LogP contribution in [0.5, 0.6) is 0 Å². The van der Waals surface area contributed by atoms with Gasteiger partial charge in [-0.3, -0.25) is 4.79 Å². The molecule has 16 heavy (non-hydrogen) atoms. The highest BCUT2D eigenvalue weighted by atomic mass is 35.5. The Morgan fingerprint density at radius 3 is 2.94 bits per heavy atom. The SMILES string of the molecule is O=C(O)c1cc(N2CCOCC2=O)c(Cl)s1. The summed E-state index contributed by atoms with van der Waals surface area (Å²) < 4.78 is 5.29. The van der Waals surface area contributed by atoms with Crippen molar-refractivity contribution < 1.29 is 19.4 Å². The fourth-order valence-electron chi connectivity index (χ4n) is 1.42. The highest BCUT2D eigenvalue weighted by Crippen LogP contribution is 2.35. The Morgan fingerprint density at radius 2 is 2.38 bits per heavy atom. The minimum atomic E-state index is -1.04. The second-order valence-corrected chi connectivity index (χ2v) is 4.83. The second-order valence-electron chi connectivity index (χ2n) is 3.17. The Kier molecular flexibility index (Phi) is 3.13. The Balaban J connectivity index is 2.32. The van der Waals surface area contributed by atoms with Gasteiger partial charge in [0.25, 0.3) is 5.91 Å². The first-order chi connectivity index (χ1) is 7.59. The Labute approximate surface area is 100 Å². The van der Waals surface area contributed by atoms with E-state index in [1.165, 1.54) is 11.0 Å². The zero-order chi connectivity index (χ0) is 11.7. The molecule has 1 aliphatic rings. The normalized spacial score (nSPS) is 16.6. The molecule has 1 fully saturated rings. The number of nitrogens with zero attached hydrogens (tertiary/aromatic N) is 1. The molecule has 0 atom stereocenters. The van der Waals surface area contributed by atoms with Crippen LogP contribution in [0.4, 0.5) is 5.69 Å². The van der Waals surface area contributed by atoms with Crippen LogP contribution in [0.2, 0.25) is 4.34 Å². The third-order valence-corrected chi connectivity index (χ3v) is 3.48. The molecule has 5 nitrogen and oxygen atoms in total. The molecule has 0 spiro atoms. The first kappa shape index (κ1) is 11.4. The van der Waals surface area contributed by atoms with Gasteiger partial charge >= 0.3 is 5.97 Å². The maximum absolute atomic E-state index is 11.5. The van der Waals surface area contributed by atoms with E-state index >= 15 is 0 Å². The molecule has 1 aromatic heterocycles. The number of rotatable bonds is 2. The van der Waals surface area contributed by atoms with Crippen LogP contribution < -0.4 is 4.90 Å². The van der Waals surface area contributed by atoms with Gasteiger partial charge in [-0.25, -0.2) is 4.79 Å². The minimum absolute atomic E-state index is 0.00851. The fourth-order valence-corrected chi connectivity index (χ4v) is 2.55. The molecule has 1 aromatic rings. The summed E-state index contributed by atoms with van der Waals surface area (Å²) in [6, 6.07) is 1.42. The van der Waals surface area contributed by atoms with Crippen LogP contribution in [-0.2, 0) is 9.53 Å². The number of ether oxygens (including phenoxy) is 1. The molecule has 86 valence electrons. The first-order valence-electron chi connectivity index (χ1n) is 4.50. The number of carbonyl (C=O) groups is 2. The molecule has 0 unspecified atom stereocenters. The van der Waals surface area contributed by atoms with Gasteiger partial charge in [-0.2, -0.15) is 0 Å². The minimum Gasteiger partial charge on any atom is -0.477 e. The summed E-state index contributed by atoms with van der Waals surface area (Å²) in [6.07, 6.45) is 0. The third-order valence-electron chi connectivity index (χ3n) is 2.16. The van der Waals surface area contributed by atoms with Crippen LogP contribution in [0.25, 0.3) is 0 Å². The average Bonchev–Trinajstić information content (AvgIpc) is 2.61. The third kappa shape index (κ3) is 2.04. The van der Waals surface area contributed by atoms with Gasteiger partial charge in [0.05, 0.1) is 12.3 Å². The van der Waals surface area contributed by atoms with E-state index in [1.807, 2.05) is 0 Å². The molecule has 1 aliphatic heterocycles. The number of hydrogen-bond donors (Lipinski definition) is 1. The summed E-state index contributed by atoms with van der Waals surface area (Å²) in [5, 5.41) is 8.81. The standard InChI is InChI=1S/C9H8ClNO4S/c10-8-5(3-6(16-8)9(13)14)11-1-2-15-4-7(11)12/h3H,1-2,4H2,(H,13,14). The molecule has 0 bridgehead atoms. The molecule has 0 aliphatic carbocycles.